The van der Waals surface area contributed by atoms with Gasteiger partial charge in [0.15, 0.2) is 0 Å². The standard InChI is InChI=1S/C13H18F2N2O3/c1-20-11-5-3-2-4-10(11)16-13(19)9-17(6-7-18)8-12(14)15/h2-5,12,18H,6-9H2,1H3,(H,16,19). The fourth-order valence-electron chi connectivity index (χ4n) is 1.71. The lowest BCUT2D eigenvalue weighted by Gasteiger charge is -2.20. The van der Waals surface area contributed by atoms with Crippen molar-refractivity contribution in [3.05, 3.63) is 24.3 Å². The van der Waals surface area contributed by atoms with E-state index in [9.17, 15) is 13.6 Å². The Kier molecular flexibility index (Phi) is 6.89. The Balaban J connectivity index is 2.60. The molecule has 0 bridgehead atoms. The zero-order chi connectivity index (χ0) is 15.0. The van der Waals surface area contributed by atoms with Crippen LogP contribution in [0.1, 0.15) is 0 Å². The summed E-state index contributed by atoms with van der Waals surface area (Å²) in [5.41, 5.74) is 0.473. The van der Waals surface area contributed by atoms with E-state index in [2.05, 4.69) is 5.32 Å². The number of halogens is 2. The number of amides is 1. The van der Waals surface area contributed by atoms with E-state index in [0.717, 1.165) is 0 Å². The van der Waals surface area contributed by atoms with Crippen molar-refractivity contribution >= 4 is 11.6 Å². The molecule has 0 aliphatic carbocycles. The molecule has 0 saturated heterocycles. The van der Waals surface area contributed by atoms with E-state index in [-0.39, 0.29) is 19.7 Å². The number of carbonyl (C=O) groups excluding carboxylic acids is 1. The summed E-state index contributed by atoms with van der Waals surface area (Å²) in [6.07, 6.45) is -2.55. The third-order valence-electron chi connectivity index (χ3n) is 2.56. The second kappa shape index (κ2) is 8.44. The minimum atomic E-state index is -2.55. The van der Waals surface area contributed by atoms with E-state index in [1.807, 2.05) is 0 Å². The van der Waals surface area contributed by atoms with Crippen molar-refractivity contribution in [3.63, 3.8) is 0 Å². The summed E-state index contributed by atoms with van der Waals surface area (Å²) in [7, 11) is 1.47. The van der Waals surface area contributed by atoms with Crippen LogP contribution in [0.4, 0.5) is 14.5 Å². The highest BCUT2D eigenvalue weighted by Gasteiger charge is 2.16. The Morgan fingerprint density at radius 2 is 2.15 bits per heavy atom. The molecule has 0 heterocycles. The monoisotopic (exact) mass is 288 g/mol. The number of aliphatic hydroxyl groups excluding tert-OH is 1. The number of ether oxygens (including phenoxy) is 1. The van der Waals surface area contributed by atoms with Crippen LogP contribution >= 0.6 is 0 Å². The molecule has 1 amide bonds. The molecule has 112 valence electrons. The summed E-state index contributed by atoms with van der Waals surface area (Å²) < 4.78 is 29.7. The molecule has 0 aromatic heterocycles. The number of benzene rings is 1. The Bertz CT molecular complexity index is 430. The molecular formula is C13H18F2N2O3. The number of carbonyl (C=O) groups is 1. The first-order valence-electron chi connectivity index (χ1n) is 6.11. The first-order chi connectivity index (χ1) is 9.56. The van der Waals surface area contributed by atoms with Gasteiger partial charge in [-0.2, -0.15) is 0 Å². The van der Waals surface area contributed by atoms with E-state index < -0.39 is 18.9 Å². The van der Waals surface area contributed by atoms with Gasteiger partial charge in [0.25, 0.3) is 6.43 Å². The molecule has 0 aliphatic rings. The number of nitrogens with zero attached hydrogens (tertiary/aromatic N) is 1. The summed E-state index contributed by atoms with van der Waals surface area (Å²) in [6.45, 7) is -1.04. The van der Waals surface area contributed by atoms with Crippen LogP contribution in [-0.2, 0) is 4.79 Å². The van der Waals surface area contributed by atoms with Crippen LogP contribution in [-0.4, -0.2) is 55.7 Å². The van der Waals surface area contributed by atoms with Crippen LogP contribution < -0.4 is 10.1 Å². The topological polar surface area (TPSA) is 61.8 Å². The molecule has 0 radical (unpaired) electrons. The van der Waals surface area contributed by atoms with Crippen LogP contribution in [0.2, 0.25) is 0 Å². The van der Waals surface area contributed by atoms with Gasteiger partial charge in [0.1, 0.15) is 5.75 Å². The second-order valence-electron chi connectivity index (χ2n) is 4.10. The maximum atomic E-state index is 12.3. The van der Waals surface area contributed by atoms with Gasteiger partial charge in [0.05, 0.1) is 32.5 Å². The van der Waals surface area contributed by atoms with E-state index in [1.54, 1.807) is 24.3 Å². The average Bonchev–Trinajstić information content (AvgIpc) is 2.38. The molecule has 0 saturated carbocycles. The zero-order valence-electron chi connectivity index (χ0n) is 11.2. The number of rotatable bonds is 8. The number of aliphatic hydroxyl groups is 1. The van der Waals surface area contributed by atoms with Gasteiger partial charge in [0, 0.05) is 6.54 Å². The molecular weight excluding hydrogens is 270 g/mol. The molecule has 2 N–H and O–H groups in total. The van der Waals surface area contributed by atoms with E-state index in [0.29, 0.717) is 11.4 Å². The number of anilines is 1. The quantitative estimate of drug-likeness (QED) is 0.754. The fraction of sp³-hybridized carbons (Fsp3) is 0.462. The van der Waals surface area contributed by atoms with Crippen molar-refractivity contribution in [1.29, 1.82) is 0 Å². The normalized spacial score (nSPS) is 10.9. The van der Waals surface area contributed by atoms with Gasteiger partial charge in [-0.25, -0.2) is 8.78 Å². The third-order valence-corrected chi connectivity index (χ3v) is 2.56. The van der Waals surface area contributed by atoms with Crippen molar-refractivity contribution in [1.82, 2.24) is 4.90 Å². The predicted molar refractivity (Wildman–Crippen MR) is 71.2 cm³/mol. The molecule has 20 heavy (non-hydrogen) atoms. The number of hydrogen-bond acceptors (Lipinski definition) is 4. The number of nitrogens with one attached hydrogen (secondary N) is 1. The molecule has 0 fully saturated rings. The van der Waals surface area contributed by atoms with Gasteiger partial charge in [-0.3, -0.25) is 9.69 Å². The third kappa shape index (κ3) is 5.50. The maximum absolute atomic E-state index is 12.3. The van der Waals surface area contributed by atoms with E-state index in [4.69, 9.17) is 9.84 Å². The van der Waals surface area contributed by atoms with Crippen molar-refractivity contribution in [3.8, 4) is 5.75 Å². The van der Waals surface area contributed by atoms with Gasteiger partial charge in [-0.1, -0.05) is 12.1 Å². The summed E-state index contributed by atoms with van der Waals surface area (Å²) in [5, 5.41) is 11.4. The molecule has 0 unspecified atom stereocenters. The SMILES string of the molecule is COc1ccccc1NC(=O)CN(CCO)CC(F)F. The second-order valence-corrected chi connectivity index (χ2v) is 4.10. The van der Waals surface area contributed by atoms with Crippen LogP contribution in [0, 0.1) is 0 Å². The smallest absolute Gasteiger partial charge is 0.251 e. The molecule has 1 aromatic rings. The lowest BCUT2D eigenvalue weighted by Crippen LogP contribution is -2.38. The van der Waals surface area contributed by atoms with E-state index in [1.165, 1.54) is 12.0 Å². The number of para-hydroxylation sites is 2. The fourth-order valence-corrected chi connectivity index (χ4v) is 1.71. The highest BCUT2D eigenvalue weighted by molar-refractivity contribution is 5.93. The van der Waals surface area contributed by atoms with Gasteiger partial charge < -0.3 is 15.2 Å². The van der Waals surface area contributed by atoms with Crippen LogP contribution in [0.15, 0.2) is 24.3 Å². The van der Waals surface area contributed by atoms with Gasteiger partial charge in [-0.15, -0.1) is 0 Å². The van der Waals surface area contributed by atoms with Gasteiger partial charge >= 0.3 is 0 Å². The number of hydrogen-bond donors (Lipinski definition) is 2. The summed E-state index contributed by atoms with van der Waals surface area (Å²) in [6, 6.07) is 6.81. The first-order valence-corrected chi connectivity index (χ1v) is 6.11. The van der Waals surface area contributed by atoms with Gasteiger partial charge in [0.2, 0.25) is 5.91 Å². The van der Waals surface area contributed by atoms with Crippen LogP contribution in [0.25, 0.3) is 0 Å². The summed E-state index contributed by atoms with van der Waals surface area (Å²) >= 11 is 0. The zero-order valence-corrected chi connectivity index (χ0v) is 11.2. The van der Waals surface area contributed by atoms with E-state index >= 15 is 0 Å². The number of alkyl halides is 2. The molecule has 1 rings (SSSR count). The number of methoxy groups -OCH3 is 1. The van der Waals surface area contributed by atoms with Crippen molar-refractivity contribution in [2.75, 3.05) is 38.7 Å². The van der Waals surface area contributed by atoms with Gasteiger partial charge in [-0.05, 0) is 12.1 Å². The summed E-state index contributed by atoms with van der Waals surface area (Å²) in [5.74, 6) is 0.0482. The van der Waals surface area contributed by atoms with Crippen LogP contribution in [0.5, 0.6) is 5.75 Å². The van der Waals surface area contributed by atoms with Crippen molar-refractivity contribution in [2.45, 2.75) is 6.43 Å². The maximum Gasteiger partial charge on any atom is 0.251 e. The Morgan fingerprint density at radius 3 is 2.75 bits per heavy atom. The minimum absolute atomic E-state index is 0.0175. The van der Waals surface area contributed by atoms with Crippen LogP contribution in [0.3, 0.4) is 0 Å². The Labute approximate surface area is 116 Å². The lowest BCUT2D eigenvalue weighted by molar-refractivity contribution is -0.117. The minimum Gasteiger partial charge on any atom is -0.495 e. The van der Waals surface area contributed by atoms with Crippen molar-refractivity contribution in [2.24, 2.45) is 0 Å². The predicted octanol–water partition coefficient (Wildman–Crippen LogP) is 1.19. The molecule has 0 spiro atoms. The Morgan fingerprint density at radius 1 is 1.45 bits per heavy atom. The molecule has 7 heteroatoms. The Hall–Kier alpha value is -1.73. The summed E-state index contributed by atoms with van der Waals surface area (Å²) in [4.78, 5) is 13.0. The molecule has 0 aliphatic heterocycles. The molecule has 5 nitrogen and oxygen atoms in total. The highest BCUT2D eigenvalue weighted by Crippen LogP contribution is 2.22. The largest absolute Gasteiger partial charge is 0.495 e. The molecule has 0 atom stereocenters. The highest BCUT2D eigenvalue weighted by atomic mass is 19.3. The van der Waals surface area contributed by atoms with Crippen molar-refractivity contribution < 1.29 is 23.4 Å². The lowest BCUT2D eigenvalue weighted by atomic mass is 10.3. The molecule has 1 aromatic carbocycles. The average molecular weight is 288 g/mol. The first kappa shape index (κ1) is 16.3.